The standard InChI is InChI=1S/C26H36N6O7S2/c27-26(28)30-11-8-17(9-12-30)10-13-40-24(22(34)25(36)37)29-23(35)20-7-6-19-14-31(15-21(33)32(19)20)41(38,39)16-18-4-2-1-3-5-18/h1-5,17,19-20,24H,6-16H2,(H3,27,28)(H,29,35)(H,36,37)/t19-,20-,24?/m0/s1. The van der Waals surface area contributed by atoms with Crippen LogP contribution in [0.1, 0.15) is 37.7 Å². The molecule has 3 aliphatic rings. The van der Waals surface area contributed by atoms with Crippen molar-refractivity contribution < 1.29 is 32.7 Å². The van der Waals surface area contributed by atoms with Gasteiger partial charge in [0.15, 0.2) is 5.96 Å². The number of piperazine rings is 1. The smallest absolute Gasteiger partial charge is 0.375 e. The zero-order valence-electron chi connectivity index (χ0n) is 22.6. The largest absolute Gasteiger partial charge is 0.475 e. The summed E-state index contributed by atoms with van der Waals surface area (Å²) in [6.07, 6.45) is 3.04. The second kappa shape index (κ2) is 13.2. The third kappa shape index (κ3) is 7.57. The minimum Gasteiger partial charge on any atom is -0.475 e. The number of likely N-dealkylation sites (tertiary alicyclic amines) is 1. The van der Waals surface area contributed by atoms with E-state index in [0.29, 0.717) is 43.2 Å². The number of nitrogens with two attached hydrogens (primary N) is 1. The second-order valence-corrected chi connectivity index (χ2v) is 13.8. The summed E-state index contributed by atoms with van der Waals surface area (Å²) in [5.74, 6) is -3.34. The zero-order chi connectivity index (χ0) is 29.7. The van der Waals surface area contributed by atoms with E-state index in [0.717, 1.165) is 28.9 Å². The van der Waals surface area contributed by atoms with Crippen LogP contribution in [-0.2, 0) is 35.0 Å². The van der Waals surface area contributed by atoms with Crippen LogP contribution in [0.5, 0.6) is 0 Å². The Kier molecular flexibility index (Phi) is 9.92. The van der Waals surface area contributed by atoms with E-state index >= 15 is 0 Å². The monoisotopic (exact) mass is 608 g/mol. The number of guanidine groups is 1. The number of sulfonamides is 1. The summed E-state index contributed by atoms with van der Waals surface area (Å²) in [5.41, 5.74) is 6.14. The first-order valence-electron chi connectivity index (χ1n) is 13.6. The van der Waals surface area contributed by atoms with Crippen molar-refractivity contribution in [3.8, 4) is 0 Å². The first-order chi connectivity index (χ1) is 19.5. The number of carbonyl (C=O) groups excluding carboxylic acids is 3. The van der Waals surface area contributed by atoms with Crippen LogP contribution in [0.3, 0.4) is 0 Å². The molecule has 0 aromatic heterocycles. The van der Waals surface area contributed by atoms with Crippen LogP contribution >= 0.6 is 11.8 Å². The quantitative estimate of drug-likeness (QED) is 0.115. The van der Waals surface area contributed by atoms with Gasteiger partial charge in [0.1, 0.15) is 11.4 Å². The van der Waals surface area contributed by atoms with E-state index in [4.69, 9.17) is 11.1 Å². The summed E-state index contributed by atoms with van der Waals surface area (Å²) in [7, 11) is -3.76. The van der Waals surface area contributed by atoms with E-state index in [2.05, 4.69) is 5.32 Å². The average molecular weight is 609 g/mol. The molecule has 3 fully saturated rings. The molecule has 0 saturated carbocycles. The maximum Gasteiger partial charge on any atom is 0.375 e. The summed E-state index contributed by atoms with van der Waals surface area (Å²) in [6.45, 7) is 1.01. The van der Waals surface area contributed by atoms with E-state index in [1.165, 1.54) is 4.90 Å². The van der Waals surface area contributed by atoms with Crippen molar-refractivity contribution in [1.82, 2.24) is 19.4 Å². The van der Waals surface area contributed by atoms with Crippen molar-refractivity contribution in [2.45, 2.75) is 55.3 Å². The van der Waals surface area contributed by atoms with Crippen LogP contribution in [0.15, 0.2) is 30.3 Å². The van der Waals surface area contributed by atoms with E-state index < -0.39 is 51.0 Å². The van der Waals surface area contributed by atoms with Crippen molar-refractivity contribution in [2.24, 2.45) is 11.7 Å². The Labute approximate surface area is 243 Å². The number of thioether (sulfide) groups is 1. The molecule has 4 rings (SSSR count). The molecule has 41 heavy (non-hydrogen) atoms. The van der Waals surface area contributed by atoms with Crippen molar-refractivity contribution in [2.75, 3.05) is 31.9 Å². The third-order valence-electron chi connectivity index (χ3n) is 7.89. The maximum atomic E-state index is 13.2. The molecule has 0 bridgehead atoms. The van der Waals surface area contributed by atoms with Gasteiger partial charge in [-0.05, 0) is 49.3 Å². The SMILES string of the molecule is N=C(N)N1CCC(CCSC(NC(=O)[C@@H]2CC[C@H]3CN(S(=O)(=O)Cc4ccccc4)CC(=O)N32)C(=O)C(=O)O)CC1. The molecule has 1 aromatic rings. The van der Waals surface area contributed by atoms with Gasteiger partial charge in [0, 0.05) is 25.7 Å². The molecule has 15 heteroatoms. The van der Waals surface area contributed by atoms with Gasteiger partial charge in [-0.2, -0.15) is 4.31 Å². The number of aliphatic carboxylic acids is 1. The number of benzene rings is 1. The maximum absolute atomic E-state index is 13.2. The number of carboxylic acid groups (broad SMARTS) is 1. The molecule has 0 spiro atoms. The van der Waals surface area contributed by atoms with Gasteiger partial charge >= 0.3 is 5.97 Å². The minimum absolute atomic E-state index is 0.0375. The van der Waals surface area contributed by atoms with Crippen LogP contribution in [-0.4, -0.2) is 107 Å². The van der Waals surface area contributed by atoms with Gasteiger partial charge in [-0.1, -0.05) is 30.3 Å². The molecule has 224 valence electrons. The zero-order valence-corrected chi connectivity index (χ0v) is 24.2. The van der Waals surface area contributed by atoms with Crippen molar-refractivity contribution >= 4 is 51.3 Å². The van der Waals surface area contributed by atoms with Crippen LogP contribution in [0.2, 0.25) is 0 Å². The Bertz CT molecular complexity index is 1270. The highest BCUT2D eigenvalue weighted by Gasteiger charge is 2.47. The molecule has 0 aliphatic carbocycles. The van der Waals surface area contributed by atoms with Gasteiger partial charge in [-0.15, -0.1) is 11.8 Å². The van der Waals surface area contributed by atoms with E-state index in [-0.39, 0.29) is 31.2 Å². The lowest BCUT2D eigenvalue weighted by atomic mass is 9.94. The number of piperidine rings is 1. The number of rotatable bonds is 11. The number of hydrogen-bond donors (Lipinski definition) is 4. The molecule has 2 amide bonds. The van der Waals surface area contributed by atoms with Crippen LogP contribution in [0.4, 0.5) is 0 Å². The number of Topliss-reactive ketones (excluding diaryl/α,β-unsaturated/α-hetero) is 1. The highest BCUT2D eigenvalue weighted by atomic mass is 32.2. The van der Waals surface area contributed by atoms with Gasteiger partial charge < -0.3 is 26.0 Å². The van der Waals surface area contributed by atoms with E-state index in [9.17, 15) is 32.7 Å². The summed E-state index contributed by atoms with van der Waals surface area (Å²) < 4.78 is 27.2. The van der Waals surface area contributed by atoms with Crippen LogP contribution < -0.4 is 11.1 Å². The predicted octanol–water partition coefficient (Wildman–Crippen LogP) is 0.0164. The third-order valence-corrected chi connectivity index (χ3v) is 10.8. The Hall–Kier alpha value is -3.17. The number of hydrogen-bond acceptors (Lipinski definition) is 8. The molecule has 3 atom stereocenters. The molecule has 1 unspecified atom stereocenters. The lowest BCUT2D eigenvalue weighted by Crippen LogP contribution is -2.60. The number of fused-ring (bicyclic) bond motifs is 1. The molecule has 3 saturated heterocycles. The number of amides is 2. The number of nitrogens with zero attached hydrogens (tertiary/aromatic N) is 3. The van der Waals surface area contributed by atoms with Gasteiger partial charge in [0.2, 0.25) is 21.8 Å². The highest BCUT2D eigenvalue weighted by molar-refractivity contribution is 8.00. The molecule has 1 aromatic carbocycles. The number of ketones is 1. The molecular weight excluding hydrogens is 572 g/mol. The highest BCUT2D eigenvalue weighted by Crippen LogP contribution is 2.31. The van der Waals surface area contributed by atoms with Crippen molar-refractivity contribution in [1.29, 1.82) is 5.41 Å². The molecule has 13 nitrogen and oxygen atoms in total. The topological polar surface area (TPSA) is 194 Å². The number of carbonyl (C=O) groups is 4. The Morgan fingerprint density at radius 2 is 1.80 bits per heavy atom. The summed E-state index contributed by atoms with van der Waals surface area (Å²) in [4.78, 5) is 53.4. The van der Waals surface area contributed by atoms with Crippen LogP contribution in [0, 0.1) is 11.3 Å². The summed E-state index contributed by atoms with van der Waals surface area (Å²) in [6, 6.07) is 7.29. The summed E-state index contributed by atoms with van der Waals surface area (Å²) >= 11 is 1.05. The normalized spacial score (nSPS) is 22.7. The van der Waals surface area contributed by atoms with E-state index in [1.807, 2.05) is 0 Å². The number of carboxylic acids is 1. The lowest BCUT2D eigenvalue weighted by molar-refractivity contribution is -0.149. The molecule has 0 radical (unpaired) electrons. The fraction of sp³-hybridized carbons (Fsp3) is 0.577. The van der Waals surface area contributed by atoms with Gasteiger partial charge in [-0.3, -0.25) is 19.8 Å². The van der Waals surface area contributed by atoms with Crippen LogP contribution in [0.25, 0.3) is 0 Å². The molecule has 3 aliphatic heterocycles. The molecule has 3 heterocycles. The van der Waals surface area contributed by atoms with E-state index in [1.54, 1.807) is 35.2 Å². The summed E-state index contributed by atoms with van der Waals surface area (Å²) in [5, 5.41) is 18.1. The Balaban J connectivity index is 1.33. The Morgan fingerprint density at radius 1 is 1.12 bits per heavy atom. The van der Waals surface area contributed by atoms with Gasteiger partial charge in [0.05, 0.1) is 12.3 Å². The number of nitrogens with one attached hydrogen (secondary N) is 2. The average Bonchev–Trinajstić information content (AvgIpc) is 3.37. The predicted molar refractivity (Wildman–Crippen MR) is 152 cm³/mol. The van der Waals surface area contributed by atoms with Gasteiger partial charge in [0.25, 0.3) is 5.78 Å². The fourth-order valence-electron chi connectivity index (χ4n) is 5.65. The lowest BCUT2D eigenvalue weighted by Gasteiger charge is -2.38. The minimum atomic E-state index is -3.76. The fourth-order valence-corrected chi connectivity index (χ4v) is 8.31. The second-order valence-electron chi connectivity index (χ2n) is 10.6. The molecular formula is C26H36N6O7S2. The van der Waals surface area contributed by atoms with Crippen molar-refractivity contribution in [3.63, 3.8) is 0 Å². The Morgan fingerprint density at radius 3 is 2.44 bits per heavy atom. The van der Waals surface area contributed by atoms with Gasteiger partial charge in [-0.25, -0.2) is 13.2 Å². The first-order valence-corrected chi connectivity index (χ1v) is 16.2. The molecule has 5 N–H and O–H groups in total. The first kappa shape index (κ1) is 30.8. The van der Waals surface area contributed by atoms with Crippen molar-refractivity contribution in [3.05, 3.63) is 35.9 Å².